The molecule has 1 aromatic carbocycles. The van der Waals surface area contributed by atoms with Crippen molar-refractivity contribution in [3.63, 3.8) is 0 Å². The van der Waals surface area contributed by atoms with Crippen LogP contribution in [0.2, 0.25) is 0 Å². The third-order valence-electron chi connectivity index (χ3n) is 5.81. The standard InChI is InChI=1S/C24H30N4O3/c1-16-20(26-21(30-16)18-13-25-27(6)15-18)22(29)28(14-17-10-8-7-9-11-17)19-12-23(2,3)31-24(19,4)5/h7-11,13,15,19H,12,14H2,1-6H3. The molecular weight excluding hydrogens is 392 g/mol. The van der Waals surface area contributed by atoms with Crippen molar-refractivity contribution in [2.75, 3.05) is 0 Å². The molecule has 164 valence electrons. The van der Waals surface area contributed by atoms with E-state index in [-0.39, 0.29) is 17.6 Å². The molecule has 7 nitrogen and oxygen atoms in total. The highest BCUT2D eigenvalue weighted by molar-refractivity contribution is 5.94. The number of aromatic nitrogens is 3. The van der Waals surface area contributed by atoms with Crippen LogP contribution in [0.25, 0.3) is 11.5 Å². The van der Waals surface area contributed by atoms with Gasteiger partial charge in [-0.1, -0.05) is 30.3 Å². The number of nitrogens with zero attached hydrogens (tertiary/aromatic N) is 4. The summed E-state index contributed by atoms with van der Waals surface area (Å²) < 4.78 is 13.8. The van der Waals surface area contributed by atoms with E-state index in [1.165, 1.54) is 0 Å². The quantitative estimate of drug-likeness (QED) is 0.610. The van der Waals surface area contributed by atoms with Crippen LogP contribution in [-0.4, -0.2) is 42.8 Å². The Balaban J connectivity index is 1.72. The lowest BCUT2D eigenvalue weighted by Crippen LogP contribution is -2.49. The van der Waals surface area contributed by atoms with Crippen molar-refractivity contribution >= 4 is 5.91 Å². The average Bonchev–Trinajstić information content (AvgIpc) is 3.35. The summed E-state index contributed by atoms with van der Waals surface area (Å²) in [4.78, 5) is 20.3. The molecule has 0 radical (unpaired) electrons. The fraction of sp³-hybridized carbons (Fsp3) is 0.458. The molecule has 0 saturated carbocycles. The molecule has 1 fully saturated rings. The minimum Gasteiger partial charge on any atom is -0.440 e. The van der Waals surface area contributed by atoms with E-state index in [0.29, 0.717) is 23.9 Å². The number of rotatable bonds is 5. The Morgan fingerprint density at radius 3 is 2.52 bits per heavy atom. The van der Waals surface area contributed by atoms with Crippen LogP contribution >= 0.6 is 0 Å². The van der Waals surface area contributed by atoms with Gasteiger partial charge in [-0.3, -0.25) is 9.48 Å². The lowest BCUT2D eigenvalue weighted by molar-refractivity contribution is -0.0785. The third kappa shape index (κ3) is 4.28. The summed E-state index contributed by atoms with van der Waals surface area (Å²) in [7, 11) is 1.83. The van der Waals surface area contributed by atoms with Crippen molar-refractivity contribution in [3.05, 3.63) is 59.7 Å². The first-order valence-electron chi connectivity index (χ1n) is 10.6. The van der Waals surface area contributed by atoms with Gasteiger partial charge < -0.3 is 14.1 Å². The molecule has 1 amide bonds. The van der Waals surface area contributed by atoms with Crippen LogP contribution in [0.4, 0.5) is 0 Å². The van der Waals surface area contributed by atoms with Crippen molar-refractivity contribution in [2.45, 2.75) is 64.8 Å². The van der Waals surface area contributed by atoms with Gasteiger partial charge in [-0.2, -0.15) is 5.10 Å². The molecule has 1 unspecified atom stereocenters. The van der Waals surface area contributed by atoms with E-state index in [4.69, 9.17) is 9.15 Å². The van der Waals surface area contributed by atoms with E-state index in [0.717, 1.165) is 17.5 Å². The summed E-state index contributed by atoms with van der Waals surface area (Å²) in [6, 6.07) is 9.91. The highest BCUT2D eigenvalue weighted by Crippen LogP contribution is 2.41. The number of hydrogen-bond donors (Lipinski definition) is 0. The van der Waals surface area contributed by atoms with Gasteiger partial charge in [0.2, 0.25) is 5.89 Å². The van der Waals surface area contributed by atoms with Crippen LogP contribution in [0.15, 0.2) is 47.1 Å². The van der Waals surface area contributed by atoms with E-state index in [2.05, 4.69) is 37.8 Å². The summed E-state index contributed by atoms with van der Waals surface area (Å²) in [5.41, 5.74) is 1.33. The Morgan fingerprint density at radius 1 is 1.23 bits per heavy atom. The van der Waals surface area contributed by atoms with Crippen LogP contribution in [0.5, 0.6) is 0 Å². The number of amides is 1. The molecule has 31 heavy (non-hydrogen) atoms. The van der Waals surface area contributed by atoms with E-state index in [1.54, 1.807) is 17.8 Å². The SMILES string of the molecule is Cc1oc(-c2cnn(C)c2)nc1C(=O)N(Cc1ccccc1)C1CC(C)(C)OC1(C)C. The number of ether oxygens (including phenoxy) is 1. The molecule has 4 rings (SSSR count). The summed E-state index contributed by atoms with van der Waals surface area (Å²) in [6.07, 6.45) is 4.24. The Bertz CT molecular complexity index is 1080. The van der Waals surface area contributed by atoms with Crippen LogP contribution in [0.3, 0.4) is 0 Å². The second-order valence-electron chi connectivity index (χ2n) is 9.43. The van der Waals surface area contributed by atoms with Gasteiger partial charge in [0.15, 0.2) is 5.69 Å². The molecule has 0 aliphatic carbocycles. The number of oxazole rings is 1. The normalized spacial score (nSPS) is 19.5. The van der Waals surface area contributed by atoms with E-state index < -0.39 is 5.60 Å². The van der Waals surface area contributed by atoms with Gasteiger partial charge in [-0.15, -0.1) is 0 Å². The second-order valence-corrected chi connectivity index (χ2v) is 9.43. The number of hydrogen-bond acceptors (Lipinski definition) is 5. The predicted molar refractivity (Wildman–Crippen MR) is 117 cm³/mol. The average molecular weight is 423 g/mol. The maximum Gasteiger partial charge on any atom is 0.276 e. The zero-order chi connectivity index (χ0) is 22.4. The first-order valence-corrected chi connectivity index (χ1v) is 10.6. The topological polar surface area (TPSA) is 73.4 Å². The van der Waals surface area contributed by atoms with Crippen LogP contribution < -0.4 is 0 Å². The zero-order valence-electron chi connectivity index (χ0n) is 19.0. The van der Waals surface area contributed by atoms with Gasteiger partial charge in [-0.25, -0.2) is 4.98 Å². The number of carbonyl (C=O) groups is 1. The molecule has 0 spiro atoms. The minimum atomic E-state index is -0.488. The van der Waals surface area contributed by atoms with Gasteiger partial charge in [0.1, 0.15) is 5.76 Å². The summed E-state index contributed by atoms with van der Waals surface area (Å²) in [5.74, 6) is 0.744. The fourth-order valence-electron chi connectivity index (χ4n) is 4.51. The molecule has 3 heterocycles. The number of aryl methyl sites for hydroxylation is 2. The molecule has 7 heteroatoms. The third-order valence-corrected chi connectivity index (χ3v) is 5.81. The molecule has 0 N–H and O–H groups in total. The summed E-state index contributed by atoms with van der Waals surface area (Å²) in [5, 5.41) is 4.17. The number of benzene rings is 1. The van der Waals surface area contributed by atoms with Gasteiger partial charge in [0.05, 0.1) is 29.0 Å². The van der Waals surface area contributed by atoms with Crippen molar-refractivity contribution in [2.24, 2.45) is 7.05 Å². The predicted octanol–water partition coefficient (Wildman–Crippen LogP) is 4.37. The lowest BCUT2D eigenvalue weighted by atomic mass is 9.92. The summed E-state index contributed by atoms with van der Waals surface area (Å²) in [6.45, 7) is 10.5. The smallest absolute Gasteiger partial charge is 0.276 e. The zero-order valence-corrected chi connectivity index (χ0v) is 19.0. The highest BCUT2D eigenvalue weighted by Gasteiger charge is 2.50. The molecule has 2 aromatic heterocycles. The monoisotopic (exact) mass is 422 g/mol. The Kier molecular flexibility index (Phi) is 5.25. The molecule has 1 aliphatic heterocycles. The Labute approximate surface area is 183 Å². The van der Waals surface area contributed by atoms with Crippen LogP contribution in [0.1, 0.15) is 55.9 Å². The largest absolute Gasteiger partial charge is 0.440 e. The van der Waals surface area contributed by atoms with E-state index >= 15 is 0 Å². The maximum atomic E-state index is 13.8. The van der Waals surface area contributed by atoms with Gasteiger partial charge in [0.25, 0.3) is 5.91 Å². The molecule has 0 bridgehead atoms. The first-order chi connectivity index (χ1) is 14.6. The van der Waals surface area contributed by atoms with Crippen molar-refractivity contribution < 1.29 is 13.9 Å². The lowest BCUT2D eigenvalue weighted by Gasteiger charge is -2.36. The molecular formula is C24H30N4O3. The van der Waals surface area contributed by atoms with E-state index in [9.17, 15) is 4.79 Å². The number of carbonyl (C=O) groups excluding carboxylic acids is 1. The first kappa shape index (κ1) is 21.3. The van der Waals surface area contributed by atoms with Crippen molar-refractivity contribution in [3.8, 4) is 11.5 Å². The highest BCUT2D eigenvalue weighted by atomic mass is 16.5. The van der Waals surface area contributed by atoms with E-state index in [1.807, 2.05) is 48.5 Å². The van der Waals surface area contributed by atoms with Crippen LogP contribution in [0, 0.1) is 6.92 Å². The maximum absolute atomic E-state index is 13.8. The molecule has 1 saturated heterocycles. The van der Waals surface area contributed by atoms with Crippen molar-refractivity contribution in [1.82, 2.24) is 19.7 Å². The molecule has 1 aliphatic rings. The second kappa shape index (κ2) is 7.64. The van der Waals surface area contributed by atoms with Gasteiger partial charge in [0, 0.05) is 19.8 Å². The van der Waals surface area contributed by atoms with Gasteiger partial charge >= 0.3 is 0 Å². The molecule has 3 aromatic rings. The van der Waals surface area contributed by atoms with Crippen LogP contribution in [-0.2, 0) is 18.3 Å². The Hall–Kier alpha value is -2.93. The Morgan fingerprint density at radius 2 is 1.94 bits per heavy atom. The molecule has 1 atom stereocenters. The van der Waals surface area contributed by atoms with Crippen molar-refractivity contribution in [1.29, 1.82) is 0 Å². The summed E-state index contributed by atoms with van der Waals surface area (Å²) >= 11 is 0. The minimum absolute atomic E-state index is 0.104. The fourth-order valence-corrected chi connectivity index (χ4v) is 4.51. The van der Waals surface area contributed by atoms with Gasteiger partial charge in [-0.05, 0) is 46.6 Å².